The van der Waals surface area contributed by atoms with Crippen LogP contribution in [0.2, 0.25) is 5.02 Å². The molecule has 4 rings (SSSR count). The number of rotatable bonds is 3. The zero-order valence-corrected chi connectivity index (χ0v) is 16.3. The fraction of sp³-hybridized carbons (Fsp3) is 0.143. The van der Waals surface area contributed by atoms with Crippen LogP contribution in [0.15, 0.2) is 53.8 Å². The van der Waals surface area contributed by atoms with Gasteiger partial charge in [0, 0.05) is 40.7 Å². The Hall–Kier alpha value is -3.26. The van der Waals surface area contributed by atoms with E-state index in [4.69, 9.17) is 11.6 Å². The minimum atomic E-state index is -4.51. The van der Waals surface area contributed by atoms with E-state index in [1.807, 2.05) is 13.0 Å². The number of aryl methyl sites for hydroxylation is 1. The summed E-state index contributed by atoms with van der Waals surface area (Å²) in [6.07, 6.45) is -1.59. The van der Waals surface area contributed by atoms with Crippen molar-refractivity contribution < 1.29 is 18.0 Å². The molecule has 152 valence electrons. The van der Waals surface area contributed by atoms with Gasteiger partial charge in [-0.25, -0.2) is 9.98 Å². The highest BCUT2D eigenvalue weighted by Crippen LogP contribution is 2.31. The standard InChI is InChI=1S/C21H14ClF3N4O/c1-11-6-12-7-18(29-19(12)27-9-11)15-8-14(3-4-16(15)22)28-20(30)17-5-2-13(10-26-17)21(23,24)25/h2-6,8-10H,7H2,1H3,(H,28,30). The zero-order chi connectivity index (χ0) is 21.5. The van der Waals surface area contributed by atoms with Crippen molar-refractivity contribution >= 4 is 34.7 Å². The second-order valence-electron chi connectivity index (χ2n) is 6.81. The van der Waals surface area contributed by atoms with Gasteiger partial charge in [-0.2, -0.15) is 13.2 Å². The molecule has 5 nitrogen and oxygen atoms in total. The lowest BCUT2D eigenvalue weighted by Gasteiger charge is -2.10. The molecule has 1 aliphatic rings. The third-order valence-electron chi connectivity index (χ3n) is 4.54. The summed E-state index contributed by atoms with van der Waals surface area (Å²) in [6, 6.07) is 8.74. The number of nitrogens with zero attached hydrogens (tertiary/aromatic N) is 3. The fourth-order valence-corrected chi connectivity index (χ4v) is 3.30. The Morgan fingerprint density at radius 1 is 1.10 bits per heavy atom. The van der Waals surface area contributed by atoms with Crippen LogP contribution in [0.4, 0.5) is 24.7 Å². The maximum Gasteiger partial charge on any atom is 0.417 e. The van der Waals surface area contributed by atoms with E-state index in [1.54, 1.807) is 24.4 Å². The van der Waals surface area contributed by atoms with Crippen LogP contribution >= 0.6 is 11.6 Å². The van der Waals surface area contributed by atoms with E-state index in [1.165, 1.54) is 0 Å². The first-order valence-corrected chi connectivity index (χ1v) is 9.26. The lowest BCUT2D eigenvalue weighted by Crippen LogP contribution is -2.15. The number of amides is 1. The third kappa shape index (κ3) is 4.04. The Morgan fingerprint density at radius 2 is 1.90 bits per heavy atom. The molecule has 1 aromatic carbocycles. The minimum Gasteiger partial charge on any atom is -0.321 e. The molecule has 2 aromatic heterocycles. The minimum absolute atomic E-state index is 0.134. The average molecular weight is 431 g/mol. The quantitative estimate of drug-likeness (QED) is 0.606. The normalized spacial score (nSPS) is 13.0. The van der Waals surface area contributed by atoms with Gasteiger partial charge in [0.15, 0.2) is 5.82 Å². The number of halogens is 4. The van der Waals surface area contributed by atoms with Gasteiger partial charge in [-0.15, -0.1) is 0 Å². The maximum atomic E-state index is 12.6. The molecule has 0 radical (unpaired) electrons. The highest BCUT2D eigenvalue weighted by Gasteiger charge is 2.31. The number of nitrogens with one attached hydrogen (secondary N) is 1. The average Bonchev–Trinajstić information content (AvgIpc) is 3.11. The number of carbonyl (C=O) groups excluding carboxylic acids is 1. The van der Waals surface area contributed by atoms with Crippen molar-refractivity contribution in [3.8, 4) is 0 Å². The van der Waals surface area contributed by atoms with Crippen molar-refractivity contribution in [3.05, 3.63) is 81.8 Å². The number of pyridine rings is 2. The molecule has 0 bridgehead atoms. The van der Waals surface area contributed by atoms with Crippen molar-refractivity contribution in [2.75, 3.05) is 5.32 Å². The SMILES string of the molecule is Cc1cnc2c(c1)CC(c1cc(NC(=O)c3ccc(C(F)(F)F)cn3)ccc1Cl)=N2. The molecule has 1 N–H and O–H groups in total. The Bertz CT molecular complexity index is 1170. The van der Waals surface area contributed by atoms with Gasteiger partial charge in [0.05, 0.1) is 11.3 Å². The number of aliphatic imine (C=N–C) groups is 1. The van der Waals surface area contributed by atoms with Crippen molar-refractivity contribution in [2.45, 2.75) is 19.5 Å². The van der Waals surface area contributed by atoms with Gasteiger partial charge in [-0.1, -0.05) is 17.7 Å². The lowest BCUT2D eigenvalue weighted by molar-refractivity contribution is -0.137. The molecule has 0 saturated heterocycles. The molecule has 1 amide bonds. The monoisotopic (exact) mass is 430 g/mol. The van der Waals surface area contributed by atoms with Crippen molar-refractivity contribution in [1.82, 2.24) is 9.97 Å². The summed E-state index contributed by atoms with van der Waals surface area (Å²) in [5.41, 5.74) is 2.75. The third-order valence-corrected chi connectivity index (χ3v) is 4.87. The summed E-state index contributed by atoms with van der Waals surface area (Å²) >= 11 is 6.33. The summed E-state index contributed by atoms with van der Waals surface area (Å²) in [6.45, 7) is 1.95. The predicted octanol–water partition coefficient (Wildman–Crippen LogP) is 5.39. The van der Waals surface area contributed by atoms with Crippen LogP contribution in [0, 0.1) is 6.92 Å². The van der Waals surface area contributed by atoms with E-state index in [2.05, 4.69) is 20.3 Å². The van der Waals surface area contributed by atoms with Crippen LogP contribution in [-0.2, 0) is 12.6 Å². The summed E-state index contributed by atoms with van der Waals surface area (Å²) in [7, 11) is 0. The van der Waals surface area contributed by atoms with Gasteiger partial charge < -0.3 is 5.32 Å². The van der Waals surface area contributed by atoms with Crippen LogP contribution < -0.4 is 5.32 Å². The molecule has 0 aliphatic carbocycles. The van der Waals surface area contributed by atoms with Crippen LogP contribution in [0.1, 0.15) is 32.7 Å². The first-order chi connectivity index (χ1) is 14.2. The zero-order valence-electron chi connectivity index (χ0n) is 15.6. The van der Waals surface area contributed by atoms with E-state index < -0.39 is 17.6 Å². The molecule has 30 heavy (non-hydrogen) atoms. The Morgan fingerprint density at radius 3 is 2.60 bits per heavy atom. The first kappa shape index (κ1) is 20.0. The van der Waals surface area contributed by atoms with E-state index in [0.717, 1.165) is 29.0 Å². The molecule has 0 atom stereocenters. The van der Waals surface area contributed by atoms with Gasteiger partial charge in [0.1, 0.15) is 5.69 Å². The van der Waals surface area contributed by atoms with Crippen molar-refractivity contribution in [1.29, 1.82) is 0 Å². The molecule has 0 saturated carbocycles. The topological polar surface area (TPSA) is 67.2 Å². The molecule has 0 unspecified atom stereocenters. The number of fused-ring (bicyclic) bond motifs is 1. The van der Waals surface area contributed by atoms with E-state index in [-0.39, 0.29) is 5.69 Å². The molecule has 9 heteroatoms. The summed E-state index contributed by atoms with van der Waals surface area (Å²) in [5.74, 6) is 0.000921. The second-order valence-corrected chi connectivity index (χ2v) is 7.22. The Kier molecular flexibility index (Phi) is 5.03. The van der Waals surface area contributed by atoms with E-state index in [9.17, 15) is 18.0 Å². The number of hydrogen-bond donors (Lipinski definition) is 1. The first-order valence-electron chi connectivity index (χ1n) is 8.88. The largest absolute Gasteiger partial charge is 0.417 e. The van der Waals surface area contributed by atoms with Gasteiger partial charge in [-0.05, 0) is 42.8 Å². The van der Waals surface area contributed by atoms with Crippen molar-refractivity contribution in [3.63, 3.8) is 0 Å². The van der Waals surface area contributed by atoms with Gasteiger partial charge >= 0.3 is 6.18 Å². The molecule has 0 spiro atoms. The number of aromatic nitrogens is 2. The molecule has 1 aliphatic heterocycles. The highest BCUT2D eigenvalue weighted by atomic mass is 35.5. The number of benzene rings is 1. The molecular formula is C21H14ClF3N4O. The van der Waals surface area contributed by atoms with E-state index in [0.29, 0.717) is 34.7 Å². The Labute approximate surface area is 174 Å². The summed E-state index contributed by atoms with van der Waals surface area (Å²) in [4.78, 5) is 24.8. The molecule has 3 heterocycles. The molecular weight excluding hydrogens is 417 g/mol. The molecule has 0 fully saturated rings. The fourth-order valence-electron chi connectivity index (χ4n) is 3.07. The predicted molar refractivity (Wildman–Crippen MR) is 108 cm³/mol. The molecule has 3 aromatic rings. The Balaban J connectivity index is 1.55. The second kappa shape index (κ2) is 7.53. The smallest absolute Gasteiger partial charge is 0.321 e. The highest BCUT2D eigenvalue weighted by molar-refractivity contribution is 6.34. The number of alkyl halides is 3. The van der Waals surface area contributed by atoms with E-state index >= 15 is 0 Å². The van der Waals surface area contributed by atoms with Gasteiger partial charge in [0.25, 0.3) is 5.91 Å². The van der Waals surface area contributed by atoms with Crippen LogP contribution in [0.5, 0.6) is 0 Å². The van der Waals surface area contributed by atoms with Crippen molar-refractivity contribution in [2.24, 2.45) is 4.99 Å². The maximum absolute atomic E-state index is 12.6. The van der Waals surface area contributed by atoms with Crippen LogP contribution in [-0.4, -0.2) is 21.6 Å². The van der Waals surface area contributed by atoms with Gasteiger partial charge in [0.2, 0.25) is 0 Å². The summed E-state index contributed by atoms with van der Waals surface area (Å²) in [5, 5.41) is 3.09. The number of anilines is 1. The van der Waals surface area contributed by atoms with Crippen LogP contribution in [0.3, 0.4) is 0 Å². The number of hydrogen-bond acceptors (Lipinski definition) is 4. The lowest BCUT2D eigenvalue weighted by atomic mass is 10.0. The van der Waals surface area contributed by atoms with Crippen LogP contribution in [0.25, 0.3) is 0 Å². The summed E-state index contributed by atoms with van der Waals surface area (Å²) < 4.78 is 37.9. The van der Waals surface area contributed by atoms with Gasteiger partial charge in [-0.3, -0.25) is 9.78 Å². The number of carbonyl (C=O) groups is 1.